The van der Waals surface area contributed by atoms with Gasteiger partial charge in [-0.15, -0.1) is 0 Å². The lowest BCUT2D eigenvalue weighted by Gasteiger charge is -2.04. The van der Waals surface area contributed by atoms with E-state index < -0.39 is 5.91 Å². The second kappa shape index (κ2) is 8.65. The summed E-state index contributed by atoms with van der Waals surface area (Å²) in [6, 6.07) is 10.7. The normalized spacial score (nSPS) is 10.5. The van der Waals surface area contributed by atoms with Crippen LogP contribution in [0.5, 0.6) is 0 Å². The number of pyridine rings is 1. The standard InChI is InChI=1S/C16H15ClN4O2/c17-14-6-2-1-5-13(14)11-20-21-16(23)8-15(22)19-10-12-4-3-7-18-9-12/h1-7,9,11H,8,10H2,(H,19,22)(H,21,23). The highest BCUT2D eigenvalue weighted by atomic mass is 35.5. The molecule has 2 amide bonds. The molecule has 2 rings (SSSR count). The van der Waals surface area contributed by atoms with Crippen molar-refractivity contribution in [3.8, 4) is 0 Å². The Morgan fingerprint density at radius 1 is 1.17 bits per heavy atom. The highest BCUT2D eigenvalue weighted by Crippen LogP contribution is 2.11. The summed E-state index contributed by atoms with van der Waals surface area (Å²) in [4.78, 5) is 27.2. The first-order valence-electron chi connectivity index (χ1n) is 6.87. The zero-order valence-electron chi connectivity index (χ0n) is 12.2. The van der Waals surface area contributed by atoms with Crippen LogP contribution in [0.25, 0.3) is 0 Å². The highest BCUT2D eigenvalue weighted by Gasteiger charge is 2.08. The van der Waals surface area contributed by atoms with E-state index in [0.717, 1.165) is 5.56 Å². The number of carbonyl (C=O) groups is 2. The molecule has 0 aliphatic heterocycles. The Hall–Kier alpha value is -2.73. The number of hydrogen-bond donors (Lipinski definition) is 2. The quantitative estimate of drug-likeness (QED) is 0.482. The smallest absolute Gasteiger partial charge is 0.249 e. The van der Waals surface area contributed by atoms with Gasteiger partial charge in [0.15, 0.2) is 0 Å². The number of rotatable bonds is 6. The molecule has 6 nitrogen and oxygen atoms in total. The Morgan fingerprint density at radius 2 is 2.00 bits per heavy atom. The van der Waals surface area contributed by atoms with Crippen LogP contribution in [0, 0.1) is 0 Å². The summed E-state index contributed by atoms with van der Waals surface area (Å²) < 4.78 is 0. The third-order valence-corrected chi connectivity index (χ3v) is 3.18. The Balaban J connectivity index is 1.74. The number of halogens is 1. The van der Waals surface area contributed by atoms with Crippen molar-refractivity contribution >= 4 is 29.6 Å². The van der Waals surface area contributed by atoms with E-state index in [2.05, 4.69) is 20.8 Å². The summed E-state index contributed by atoms with van der Waals surface area (Å²) >= 11 is 5.95. The van der Waals surface area contributed by atoms with E-state index in [0.29, 0.717) is 17.1 Å². The van der Waals surface area contributed by atoms with Crippen molar-refractivity contribution in [2.24, 2.45) is 5.10 Å². The van der Waals surface area contributed by atoms with Gasteiger partial charge in [0.05, 0.1) is 6.21 Å². The molecule has 23 heavy (non-hydrogen) atoms. The molecule has 118 valence electrons. The molecule has 0 saturated heterocycles. The molecule has 0 saturated carbocycles. The van der Waals surface area contributed by atoms with Gasteiger partial charge in [-0.2, -0.15) is 5.10 Å². The third kappa shape index (κ3) is 5.88. The molecular formula is C16H15ClN4O2. The summed E-state index contributed by atoms with van der Waals surface area (Å²) in [7, 11) is 0. The lowest BCUT2D eigenvalue weighted by molar-refractivity contribution is -0.129. The van der Waals surface area contributed by atoms with Crippen molar-refractivity contribution < 1.29 is 9.59 Å². The predicted molar refractivity (Wildman–Crippen MR) is 87.9 cm³/mol. The van der Waals surface area contributed by atoms with E-state index in [1.807, 2.05) is 6.07 Å². The molecule has 0 atom stereocenters. The first-order chi connectivity index (χ1) is 11.1. The minimum atomic E-state index is -0.503. The Kier molecular flexibility index (Phi) is 6.26. The first kappa shape index (κ1) is 16.6. The molecule has 1 aromatic carbocycles. The summed E-state index contributed by atoms with van der Waals surface area (Å²) in [5.41, 5.74) is 3.82. The molecule has 0 bridgehead atoms. The molecule has 1 aromatic heterocycles. The van der Waals surface area contributed by atoms with Crippen LogP contribution in [0.4, 0.5) is 0 Å². The van der Waals surface area contributed by atoms with Gasteiger partial charge in [0.1, 0.15) is 6.42 Å². The molecule has 0 aliphatic carbocycles. The number of aromatic nitrogens is 1. The Morgan fingerprint density at radius 3 is 2.74 bits per heavy atom. The van der Waals surface area contributed by atoms with Gasteiger partial charge in [-0.25, -0.2) is 5.43 Å². The molecule has 0 radical (unpaired) electrons. The average Bonchev–Trinajstić information content (AvgIpc) is 2.56. The van der Waals surface area contributed by atoms with E-state index in [1.165, 1.54) is 6.21 Å². The fourth-order valence-electron chi connectivity index (χ4n) is 1.70. The van der Waals surface area contributed by atoms with Gasteiger partial charge in [0.25, 0.3) is 0 Å². The highest BCUT2D eigenvalue weighted by molar-refractivity contribution is 6.33. The third-order valence-electron chi connectivity index (χ3n) is 2.83. The van der Waals surface area contributed by atoms with E-state index in [9.17, 15) is 9.59 Å². The monoisotopic (exact) mass is 330 g/mol. The molecular weight excluding hydrogens is 316 g/mol. The number of nitrogens with one attached hydrogen (secondary N) is 2. The van der Waals surface area contributed by atoms with Crippen molar-refractivity contribution in [1.82, 2.24) is 15.7 Å². The van der Waals surface area contributed by atoms with Gasteiger partial charge in [0, 0.05) is 29.5 Å². The van der Waals surface area contributed by atoms with Gasteiger partial charge in [-0.05, 0) is 17.7 Å². The molecule has 0 unspecified atom stereocenters. The molecule has 0 spiro atoms. The number of hydrogen-bond acceptors (Lipinski definition) is 4. The number of amides is 2. The molecule has 1 heterocycles. The predicted octanol–water partition coefficient (Wildman–Crippen LogP) is 1.89. The molecule has 0 fully saturated rings. The van der Waals surface area contributed by atoms with E-state index in [-0.39, 0.29) is 12.3 Å². The van der Waals surface area contributed by atoms with Crippen LogP contribution in [0.3, 0.4) is 0 Å². The van der Waals surface area contributed by atoms with Crippen molar-refractivity contribution in [3.05, 3.63) is 64.9 Å². The van der Waals surface area contributed by atoms with Gasteiger partial charge in [0.2, 0.25) is 11.8 Å². The molecule has 2 aromatic rings. The maximum absolute atomic E-state index is 11.6. The topological polar surface area (TPSA) is 83.5 Å². The second-order valence-corrected chi connectivity index (χ2v) is 5.04. The van der Waals surface area contributed by atoms with E-state index >= 15 is 0 Å². The maximum Gasteiger partial charge on any atom is 0.249 e. The lowest BCUT2D eigenvalue weighted by Crippen LogP contribution is -2.29. The number of carbonyl (C=O) groups excluding carboxylic acids is 2. The van der Waals surface area contributed by atoms with Crippen molar-refractivity contribution in [1.29, 1.82) is 0 Å². The zero-order valence-corrected chi connectivity index (χ0v) is 13.0. The van der Waals surface area contributed by atoms with Crippen LogP contribution in [0.1, 0.15) is 17.5 Å². The van der Waals surface area contributed by atoms with Gasteiger partial charge < -0.3 is 5.32 Å². The van der Waals surface area contributed by atoms with E-state index in [4.69, 9.17) is 11.6 Å². The van der Waals surface area contributed by atoms with Gasteiger partial charge in [-0.3, -0.25) is 14.6 Å². The van der Waals surface area contributed by atoms with Crippen LogP contribution in [0.15, 0.2) is 53.9 Å². The summed E-state index contributed by atoms with van der Waals surface area (Å²) in [6.07, 6.45) is 4.41. The van der Waals surface area contributed by atoms with E-state index in [1.54, 1.807) is 42.7 Å². The van der Waals surface area contributed by atoms with Gasteiger partial charge >= 0.3 is 0 Å². The molecule has 7 heteroatoms. The maximum atomic E-state index is 11.6. The lowest BCUT2D eigenvalue weighted by atomic mass is 10.2. The summed E-state index contributed by atoms with van der Waals surface area (Å²) in [6.45, 7) is 0.322. The summed E-state index contributed by atoms with van der Waals surface area (Å²) in [5.74, 6) is -0.892. The minimum absolute atomic E-state index is 0.305. The molecule has 0 aliphatic rings. The van der Waals surface area contributed by atoms with Crippen molar-refractivity contribution in [2.45, 2.75) is 13.0 Å². The van der Waals surface area contributed by atoms with Gasteiger partial charge in [-0.1, -0.05) is 35.9 Å². The summed E-state index contributed by atoms with van der Waals surface area (Å²) in [5, 5.41) is 6.94. The minimum Gasteiger partial charge on any atom is -0.352 e. The number of hydrazone groups is 1. The zero-order chi connectivity index (χ0) is 16.5. The van der Waals surface area contributed by atoms with Crippen LogP contribution >= 0.6 is 11.6 Å². The van der Waals surface area contributed by atoms with Crippen molar-refractivity contribution in [2.75, 3.05) is 0 Å². The Labute approximate surface area is 138 Å². The van der Waals surface area contributed by atoms with Crippen LogP contribution < -0.4 is 10.7 Å². The molecule has 2 N–H and O–H groups in total. The second-order valence-electron chi connectivity index (χ2n) is 4.63. The van der Waals surface area contributed by atoms with Crippen LogP contribution in [-0.4, -0.2) is 23.0 Å². The number of nitrogens with zero attached hydrogens (tertiary/aromatic N) is 2. The average molecular weight is 331 g/mol. The fourth-order valence-corrected chi connectivity index (χ4v) is 1.89. The SMILES string of the molecule is O=C(CC(=O)NN=Cc1ccccc1Cl)NCc1cccnc1. The fraction of sp³-hybridized carbons (Fsp3) is 0.125. The van der Waals surface area contributed by atoms with Crippen LogP contribution in [-0.2, 0) is 16.1 Å². The Bertz CT molecular complexity index is 704. The first-order valence-corrected chi connectivity index (χ1v) is 7.25. The van der Waals surface area contributed by atoms with Crippen molar-refractivity contribution in [3.63, 3.8) is 0 Å². The van der Waals surface area contributed by atoms with Crippen LogP contribution in [0.2, 0.25) is 5.02 Å². The largest absolute Gasteiger partial charge is 0.352 e. The number of benzene rings is 1.